The van der Waals surface area contributed by atoms with Gasteiger partial charge in [-0.05, 0) is 86.7 Å². The van der Waals surface area contributed by atoms with Crippen LogP contribution in [0.5, 0.6) is 0 Å². The van der Waals surface area contributed by atoms with Crippen molar-refractivity contribution in [2.75, 3.05) is 25.0 Å². The van der Waals surface area contributed by atoms with Gasteiger partial charge in [-0.15, -0.1) is 0 Å². The van der Waals surface area contributed by atoms with Gasteiger partial charge in [0, 0.05) is 16.6 Å². The molecule has 0 bridgehead atoms. The summed E-state index contributed by atoms with van der Waals surface area (Å²) in [6.07, 6.45) is 2.56. The fourth-order valence-corrected chi connectivity index (χ4v) is 3.71. The second-order valence-corrected chi connectivity index (χ2v) is 7.19. The second kappa shape index (κ2) is 5.84. The van der Waals surface area contributed by atoms with Gasteiger partial charge in [0.1, 0.15) is 0 Å². The van der Waals surface area contributed by atoms with Crippen molar-refractivity contribution in [3.63, 3.8) is 0 Å². The van der Waals surface area contributed by atoms with Gasteiger partial charge >= 0.3 is 0 Å². The predicted molar refractivity (Wildman–Crippen MR) is 87.0 cm³/mol. The number of rotatable bonds is 3. The Morgan fingerprint density at radius 1 is 1.42 bits per heavy atom. The lowest BCUT2D eigenvalue weighted by atomic mass is 9.84. The summed E-state index contributed by atoms with van der Waals surface area (Å²) >= 11 is 3.74. The molecule has 0 spiro atoms. The fourth-order valence-electron chi connectivity index (χ4n) is 3.00. The van der Waals surface area contributed by atoms with Gasteiger partial charge in [0.2, 0.25) is 0 Å². The van der Waals surface area contributed by atoms with Crippen molar-refractivity contribution in [2.24, 2.45) is 5.92 Å². The number of nitrogens with zero attached hydrogens (tertiary/aromatic N) is 1. The van der Waals surface area contributed by atoms with Gasteiger partial charge in [-0.25, -0.2) is 0 Å². The lowest BCUT2D eigenvalue weighted by Gasteiger charge is -2.47. The molecule has 1 N–H and O–H groups in total. The average Bonchev–Trinajstić information content (AvgIpc) is 2.32. The molecule has 1 atom stereocenters. The molecular weight excluding hydrogens is 300 g/mol. The van der Waals surface area contributed by atoms with E-state index >= 15 is 0 Å². The van der Waals surface area contributed by atoms with Crippen molar-refractivity contribution in [3.05, 3.63) is 28.2 Å². The molecule has 2 nitrogen and oxygen atoms in total. The number of anilines is 1. The first-order valence-corrected chi connectivity index (χ1v) is 7.92. The molecule has 1 aromatic rings. The zero-order valence-electron chi connectivity index (χ0n) is 12.5. The van der Waals surface area contributed by atoms with Crippen molar-refractivity contribution in [3.8, 4) is 0 Å². The molecule has 1 unspecified atom stereocenters. The van der Waals surface area contributed by atoms with E-state index in [1.807, 2.05) is 7.05 Å². The Kier molecular flexibility index (Phi) is 4.57. The Morgan fingerprint density at radius 3 is 2.79 bits per heavy atom. The number of halogens is 1. The van der Waals surface area contributed by atoms with Crippen molar-refractivity contribution in [1.29, 1.82) is 0 Å². The molecule has 1 aromatic carbocycles. The van der Waals surface area contributed by atoms with Crippen molar-refractivity contribution >= 4 is 21.6 Å². The summed E-state index contributed by atoms with van der Waals surface area (Å²) < 4.78 is 1.21. The first-order chi connectivity index (χ1) is 8.94. The highest BCUT2D eigenvalue weighted by atomic mass is 79.9. The number of piperidine rings is 1. The quantitative estimate of drug-likeness (QED) is 0.904. The van der Waals surface area contributed by atoms with Crippen LogP contribution in [0.1, 0.15) is 32.3 Å². The second-order valence-electron chi connectivity index (χ2n) is 6.34. The smallest absolute Gasteiger partial charge is 0.0515 e. The van der Waals surface area contributed by atoms with Gasteiger partial charge in [-0.1, -0.05) is 6.07 Å². The summed E-state index contributed by atoms with van der Waals surface area (Å²) in [4.78, 5) is 2.57. The molecule has 1 saturated heterocycles. The topological polar surface area (TPSA) is 15.3 Å². The molecule has 1 aliphatic rings. The molecule has 19 heavy (non-hydrogen) atoms. The molecule has 1 aliphatic heterocycles. The van der Waals surface area contributed by atoms with Crippen LogP contribution in [0.2, 0.25) is 0 Å². The molecule has 1 fully saturated rings. The van der Waals surface area contributed by atoms with E-state index in [0.29, 0.717) is 0 Å². The minimum Gasteiger partial charge on any atom is -0.365 e. The highest BCUT2D eigenvalue weighted by molar-refractivity contribution is 9.10. The van der Waals surface area contributed by atoms with Crippen molar-refractivity contribution in [1.82, 2.24) is 5.32 Å². The third-order valence-corrected chi connectivity index (χ3v) is 4.86. The summed E-state index contributed by atoms with van der Waals surface area (Å²) in [5.74, 6) is 0.742. The molecule has 2 rings (SSSR count). The Balaban J connectivity index is 2.27. The molecule has 1 heterocycles. The normalized spacial score (nSPS) is 22.6. The van der Waals surface area contributed by atoms with E-state index in [-0.39, 0.29) is 5.54 Å². The minimum absolute atomic E-state index is 0.238. The lowest BCUT2D eigenvalue weighted by molar-refractivity contribution is 0.286. The fraction of sp³-hybridized carbons (Fsp3) is 0.625. The summed E-state index contributed by atoms with van der Waals surface area (Å²) in [5.41, 5.74) is 2.87. The maximum absolute atomic E-state index is 3.74. The van der Waals surface area contributed by atoms with E-state index in [4.69, 9.17) is 0 Å². The first kappa shape index (κ1) is 14.9. The van der Waals surface area contributed by atoms with Gasteiger partial charge in [0.15, 0.2) is 0 Å². The Hall–Kier alpha value is -0.540. The Morgan fingerprint density at radius 2 is 2.16 bits per heavy atom. The van der Waals surface area contributed by atoms with E-state index in [1.54, 1.807) is 0 Å². The van der Waals surface area contributed by atoms with E-state index in [2.05, 4.69) is 65.1 Å². The van der Waals surface area contributed by atoms with Gasteiger partial charge in [-0.3, -0.25) is 0 Å². The molecule has 0 radical (unpaired) electrons. The molecule has 0 aromatic heterocycles. The van der Waals surface area contributed by atoms with Gasteiger partial charge in [-0.2, -0.15) is 0 Å². The minimum atomic E-state index is 0.238. The van der Waals surface area contributed by atoms with Crippen LogP contribution < -0.4 is 10.2 Å². The molecule has 3 heteroatoms. The number of hydrogen-bond donors (Lipinski definition) is 1. The average molecular weight is 325 g/mol. The maximum Gasteiger partial charge on any atom is 0.0515 e. The van der Waals surface area contributed by atoms with Crippen LogP contribution in [0.3, 0.4) is 0 Å². The van der Waals surface area contributed by atoms with Crippen LogP contribution in [0.15, 0.2) is 22.7 Å². The molecule has 0 saturated carbocycles. The monoisotopic (exact) mass is 324 g/mol. The number of hydrogen-bond acceptors (Lipinski definition) is 2. The van der Waals surface area contributed by atoms with Crippen LogP contribution in [0.4, 0.5) is 5.69 Å². The maximum atomic E-state index is 3.74. The summed E-state index contributed by atoms with van der Waals surface area (Å²) in [7, 11) is 2.05. The standard InChI is InChI=1S/C16H25BrN2/c1-12-5-6-15(14(17)9-12)19-11-13(10-18-4)7-8-16(19,2)3/h5-6,9,13,18H,7-8,10-11H2,1-4H3. The molecule has 0 amide bonds. The molecule has 106 valence electrons. The Bertz CT molecular complexity index is 442. The van der Waals surface area contributed by atoms with E-state index in [0.717, 1.165) is 19.0 Å². The van der Waals surface area contributed by atoms with Crippen molar-refractivity contribution in [2.45, 2.75) is 39.2 Å². The number of benzene rings is 1. The SMILES string of the molecule is CNCC1CCC(C)(C)N(c2ccc(C)cc2Br)C1. The summed E-state index contributed by atoms with van der Waals surface area (Å²) in [6, 6.07) is 6.67. The van der Waals surface area contributed by atoms with Crippen LogP contribution in [0.25, 0.3) is 0 Å². The van der Waals surface area contributed by atoms with E-state index in [9.17, 15) is 0 Å². The molecular formula is C16H25BrN2. The van der Waals surface area contributed by atoms with E-state index in [1.165, 1.54) is 28.6 Å². The van der Waals surface area contributed by atoms with Crippen LogP contribution in [-0.4, -0.2) is 25.7 Å². The first-order valence-electron chi connectivity index (χ1n) is 7.12. The highest BCUT2D eigenvalue weighted by Gasteiger charge is 2.34. The highest BCUT2D eigenvalue weighted by Crippen LogP contribution is 2.38. The van der Waals surface area contributed by atoms with Gasteiger partial charge in [0.25, 0.3) is 0 Å². The third kappa shape index (κ3) is 3.32. The van der Waals surface area contributed by atoms with E-state index < -0.39 is 0 Å². The summed E-state index contributed by atoms with van der Waals surface area (Å²) in [5, 5.41) is 3.32. The van der Waals surface area contributed by atoms with Crippen molar-refractivity contribution < 1.29 is 0 Å². The predicted octanol–water partition coefficient (Wildman–Crippen LogP) is 3.97. The molecule has 0 aliphatic carbocycles. The summed E-state index contributed by atoms with van der Waals surface area (Å²) in [6.45, 7) is 9.09. The lowest BCUT2D eigenvalue weighted by Crippen LogP contribution is -2.52. The van der Waals surface area contributed by atoms with Crippen LogP contribution in [0, 0.1) is 12.8 Å². The Labute approximate surface area is 125 Å². The number of nitrogens with one attached hydrogen (secondary N) is 1. The zero-order chi connectivity index (χ0) is 14.0. The van der Waals surface area contributed by atoms with Crippen LogP contribution >= 0.6 is 15.9 Å². The largest absolute Gasteiger partial charge is 0.365 e. The van der Waals surface area contributed by atoms with Crippen LogP contribution in [-0.2, 0) is 0 Å². The van der Waals surface area contributed by atoms with Gasteiger partial charge < -0.3 is 10.2 Å². The van der Waals surface area contributed by atoms with Gasteiger partial charge in [0.05, 0.1) is 5.69 Å². The number of aryl methyl sites for hydroxylation is 1. The third-order valence-electron chi connectivity index (χ3n) is 4.22. The zero-order valence-corrected chi connectivity index (χ0v) is 14.0.